The number of hydrogen-bond donors (Lipinski definition) is 0. The zero-order chi connectivity index (χ0) is 9.14. The average Bonchev–Trinajstić information content (AvgIpc) is 1.96. The molecule has 1 aromatic carbocycles. The van der Waals surface area contributed by atoms with Crippen LogP contribution in [-0.2, 0) is 4.55 Å². The Balaban J connectivity index is 3.10. The van der Waals surface area contributed by atoms with Gasteiger partial charge in [-0.2, -0.15) is 0 Å². The molecule has 0 radical (unpaired) electrons. The van der Waals surface area contributed by atoms with E-state index < -0.39 is 0 Å². The van der Waals surface area contributed by atoms with Crippen LogP contribution in [0.15, 0.2) is 12.1 Å². The molecule has 0 saturated carbocycles. The molecule has 0 atom stereocenters. The molecule has 0 unspecified atom stereocenters. The summed E-state index contributed by atoms with van der Waals surface area (Å²) in [6.45, 7) is 4.26. The summed E-state index contributed by atoms with van der Waals surface area (Å²) in [6, 6.07) is 4.09. The molecule has 0 aromatic heterocycles. The smallest absolute Gasteiger partial charge is 0.306 e. The van der Waals surface area contributed by atoms with Crippen molar-refractivity contribution in [1.82, 2.24) is 0 Å². The fourth-order valence-electron chi connectivity index (χ4n) is 1.43. The zero-order valence-corrected chi connectivity index (χ0v) is 11.1. The van der Waals surface area contributed by atoms with E-state index >= 15 is 0 Å². The Morgan fingerprint density at radius 2 is 1.83 bits per heavy atom. The molecule has 0 aliphatic carbocycles. The molecular formula is C9H10BrClMg. The summed E-state index contributed by atoms with van der Waals surface area (Å²) in [7, 11) is 0. The second-order valence-corrected chi connectivity index (χ2v) is 6.65. The number of benzene rings is 1. The normalized spacial score (nSPS) is 9.67. The summed E-state index contributed by atoms with van der Waals surface area (Å²) in [5.74, 6) is 0. The second kappa shape index (κ2) is 4.84. The lowest BCUT2D eigenvalue weighted by Gasteiger charge is -2.08. The standard InChI is InChI=1S/C9H10Cl.BrH.Mg/c1-6-4-9(10)5-7(2)8(6)3;;/h4-5H,3H2,1-2H3;1H;/q;;+1/p-1. The molecule has 0 heterocycles. The van der Waals surface area contributed by atoms with Crippen molar-refractivity contribution in [3.8, 4) is 0 Å². The van der Waals surface area contributed by atoms with Crippen LogP contribution in [0.2, 0.25) is 5.02 Å². The molecule has 0 nitrogen and oxygen atoms in total. The van der Waals surface area contributed by atoms with Gasteiger partial charge in [-0.3, -0.25) is 0 Å². The molecule has 0 spiro atoms. The maximum absolute atomic E-state index is 5.92. The Kier molecular flexibility index (Phi) is 4.37. The quantitative estimate of drug-likeness (QED) is 0.712. The first kappa shape index (κ1) is 10.8. The highest BCUT2D eigenvalue weighted by molar-refractivity contribution is 9.23. The van der Waals surface area contributed by atoms with E-state index in [9.17, 15) is 0 Å². The third kappa shape index (κ3) is 2.62. The molecule has 3 heteroatoms. The van der Waals surface area contributed by atoms with E-state index in [2.05, 4.69) is 26.7 Å². The van der Waals surface area contributed by atoms with Gasteiger partial charge in [-0.25, -0.2) is 0 Å². The van der Waals surface area contributed by atoms with E-state index in [0.29, 0.717) is 0 Å². The molecule has 0 aliphatic heterocycles. The molecule has 12 heavy (non-hydrogen) atoms. The maximum atomic E-state index is 5.92. The summed E-state index contributed by atoms with van der Waals surface area (Å²) in [6.07, 6.45) is 0. The zero-order valence-electron chi connectivity index (χ0n) is 7.32. The molecule has 0 aliphatic rings. The lowest BCUT2D eigenvalue weighted by atomic mass is 10.0. The molecular weight excluding hydrogens is 248 g/mol. The summed E-state index contributed by atoms with van der Waals surface area (Å²) in [5.41, 5.74) is 4.13. The van der Waals surface area contributed by atoms with Crippen LogP contribution in [0, 0.1) is 13.8 Å². The Bertz CT molecular complexity index is 263. The average molecular weight is 258 g/mol. The van der Waals surface area contributed by atoms with Crippen molar-refractivity contribution in [3.63, 3.8) is 0 Å². The van der Waals surface area contributed by atoms with Gasteiger partial charge in [-0.15, -0.1) is 4.55 Å². The molecule has 1 aromatic rings. The van der Waals surface area contributed by atoms with Crippen LogP contribution in [0.1, 0.15) is 16.7 Å². The minimum Gasteiger partial charge on any atom is -0.306 e. The number of aryl methyl sites for hydroxylation is 2. The van der Waals surface area contributed by atoms with Gasteiger partial charge in [0.05, 0.1) is 0 Å². The first-order valence-corrected chi connectivity index (χ1v) is 9.24. The van der Waals surface area contributed by atoms with Gasteiger partial charge in [0.2, 0.25) is 0 Å². The van der Waals surface area contributed by atoms with Crippen LogP contribution in [-0.4, -0.2) is 18.2 Å². The van der Waals surface area contributed by atoms with Crippen LogP contribution < -0.4 is 0 Å². The van der Waals surface area contributed by atoms with Crippen LogP contribution in [0.4, 0.5) is 0 Å². The van der Waals surface area contributed by atoms with Crippen molar-refractivity contribution >= 4 is 42.7 Å². The Morgan fingerprint density at radius 3 is 2.25 bits per heavy atom. The van der Waals surface area contributed by atoms with E-state index in [1.807, 2.05) is 12.1 Å². The van der Waals surface area contributed by atoms with E-state index in [0.717, 1.165) is 5.02 Å². The van der Waals surface area contributed by atoms with Crippen LogP contribution in [0.5, 0.6) is 0 Å². The molecule has 62 valence electrons. The SMILES string of the molecule is Cc1cc(Cl)cc(C)c1[CH2][Mg][Br]. The fraction of sp³-hybridized carbons (Fsp3) is 0.333. The van der Waals surface area contributed by atoms with E-state index in [1.54, 1.807) is 0 Å². The van der Waals surface area contributed by atoms with E-state index in [1.165, 1.54) is 21.2 Å². The lowest BCUT2D eigenvalue weighted by Crippen LogP contribution is -1.96. The third-order valence-electron chi connectivity index (χ3n) is 2.01. The summed E-state index contributed by atoms with van der Waals surface area (Å²) < 4.78 is 1.22. The summed E-state index contributed by atoms with van der Waals surface area (Å²) in [5, 5.41) is 0.852. The van der Waals surface area contributed by atoms with Gasteiger partial charge in [0.15, 0.2) is 0 Å². The van der Waals surface area contributed by atoms with Gasteiger partial charge < -0.3 is 12.9 Å². The van der Waals surface area contributed by atoms with Crippen molar-refractivity contribution in [2.45, 2.75) is 18.4 Å². The Labute approximate surface area is 94.3 Å². The van der Waals surface area contributed by atoms with Gasteiger partial charge in [0.1, 0.15) is 0 Å². The minimum atomic E-state index is -0.0699. The first-order valence-electron chi connectivity index (χ1n) is 3.96. The minimum absolute atomic E-state index is 0.0699. The molecule has 1 rings (SSSR count). The van der Waals surface area contributed by atoms with Gasteiger partial charge in [0, 0.05) is 5.02 Å². The molecule has 0 N–H and O–H groups in total. The largest absolute Gasteiger partial charge is 0.473 e. The van der Waals surface area contributed by atoms with Crippen molar-refractivity contribution < 1.29 is 0 Å². The maximum Gasteiger partial charge on any atom is 0.473 e. The topological polar surface area (TPSA) is 0 Å². The van der Waals surface area contributed by atoms with Crippen molar-refractivity contribution in [3.05, 3.63) is 33.8 Å². The fourth-order valence-corrected chi connectivity index (χ4v) is 3.92. The second-order valence-electron chi connectivity index (χ2n) is 2.96. The first-order chi connectivity index (χ1) is 5.65. The summed E-state index contributed by atoms with van der Waals surface area (Å²) >= 11 is 9.43. The molecule has 0 saturated heterocycles. The third-order valence-corrected chi connectivity index (χ3v) is 4.10. The highest BCUT2D eigenvalue weighted by Gasteiger charge is 2.04. The van der Waals surface area contributed by atoms with Gasteiger partial charge in [-0.05, 0) is 37.1 Å². The Morgan fingerprint density at radius 1 is 1.33 bits per heavy atom. The molecule has 0 bridgehead atoms. The van der Waals surface area contributed by atoms with Crippen LogP contribution in [0.25, 0.3) is 0 Å². The van der Waals surface area contributed by atoms with Crippen molar-refractivity contribution in [1.29, 1.82) is 0 Å². The van der Waals surface area contributed by atoms with Gasteiger partial charge >= 0.3 is 18.2 Å². The van der Waals surface area contributed by atoms with E-state index in [4.69, 9.17) is 11.6 Å². The molecule has 0 amide bonds. The van der Waals surface area contributed by atoms with Crippen molar-refractivity contribution in [2.75, 3.05) is 0 Å². The van der Waals surface area contributed by atoms with Crippen LogP contribution in [0.3, 0.4) is 0 Å². The van der Waals surface area contributed by atoms with Crippen LogP contribution >= 0.6 is 24.5 Å². The van der Waals surface area contributed by atoms with Crippen molar-refractivity contribution in [2.24, 2.45) is 0 Å². The predicted molar refractivity (Wildman–Crippen MR) is 59.3 cm³/mol. The Hall–Kier alpha value is 0.756. The highest BCUT2D eigenvalue weighted by Crippen LogP contribution is 2.20. The lowest BCUT2D eigenvalue weighted by molar-refractivity contribution is 1.23. The van der Waals surface area contributed by atoms with Gasteiger partial charge in [0.25, 0.3) is 0 Å². The van der Waals surface area contributed by atoms with Gasteiger partial charge in [-0.1, -0.05) is 17.2 Å². The summed E-state index contributed by atoms with van der Waals surface area (Å²) in [4.78, 5) is 0. The number of halogens is 2. The van der Waals surface area contributed by atoms with E-state index in [-0.39, 0.29) is 18.2 Å². The highest BCUT2D eigenvalue weighted by atomic mass is 79.9. The number of rotatable bonds is 2. The monoisotopic (exact) mass is 256 g/mol. The molecule has 0 fully saturated rings. The number of hydrogen-bond acceptors (Lipinski definition) is 0. The predicted octanol–water partition coefficient (Wildman–Crippen LogP) is 3.47.